The molecule has 0 fully saturated rings. The third-order valence-electron chi connectivity index (χ3n) is 9.70. The predicted molar refractivity (Wildman–Crippen MR) is 200 cm³/mol. The maximum Gasteiger partial charge on any atom is 0.143 e. The van der Waals surface area contributed by atoms with E-state index in [0.29, 0.717) is 0 Å². The Kier molecular flexibility index (Phi) is 5.91. The van der Waals surface area contributed by atoms with Gasteiger partial charge < -0.3 is 8.83 Å². The number of hydrogen-bond donors (Lipinski definition) is 0. The summed E-state index contributed by atoms with van der Waals surface area (Å²) in [4.78, 5) is 0. The van der Waals surface area contributed by atoms with Crippen molar-refractivity contribution in [3.05, 3.63) is 170 Å². The first-order valence-electron chi connectivity index (χ1n) is 16.4. The maximum atomic E-state index is 7.03. The van der Waals surface area contributed by atoms with E-state index in [0.717, 1.165) is 77.6 Å². The Balaban J connectivity index is 1.30. The average Bonchev–Trinajstić information content (AvgIpc) is 3.75. The third kappa shape index (κ3) is 4.00. The molecule has 0 bridgehead atoms. The molecule has 0 aliphatic rings. The highest BCUT2D eigenvalue weighted by molar-refractivity contribution is 6.21. The summed E-state index contributed by atoms with van der Waals surface area (Å²) in [6.07, 6.45) is 0. The van der Waals surface area contributed by atoms with E-state index in [9.17, 15) is 0 Å². The second kappa shape index (κ2) is 10.6. The number of fused-ring (bicyclic) bond motifs is 7. The van der Waals surface area contributed by atoms with Gasteiger partial charge in [-0.05, 0) is 56.9 Å². The van der Waals surface area contributed by atoms with Gasteiger partial charge in [0.15, 0.2) is 0 Å². The lowest BCUT2D eigenvalue weighted by Gasteiger charge is -2.07. The number of rotatable bonds is 4. The van der Waals surface area contributed by atoms with Crippen LogP contribution in [-0.4, -0.2) is 0 Å². The van der Waals surface area contributed by atoms with E-state index in [1.165, 1.54) is 21.5 Å². The van der Waals surface area contributed by atoms with Gasteiger partial charge in [0.05, 0.1) is 0 Å². The summed E-state index contributed by atoms with van der Waals surface area (Å²) in [6, 6.07) is 59.9. The van der Waals surface area contributed by atoms with Crippen molar-refractivity contribution in [2.24, 2.45) is 0 Å². The summed E-state index contributed by atoms with van der Waals surface area (Å²) >= 11 is 0. The molecule has 0 N–H and O–H groups in total. The van der Waals surface area contributed by atoms with E-state index in [2.05, 4.69) is 170 Å². The first kappa shape index (κ1) is 26.8. The number of benzene rings is 8. The molecule has 8 aromatic carbocycles. The monoisotopic (exact) mass is 612 g/mol. The van der Waals surface area contributed by atoms with Crippen molar-refractivity contribution in [3.63, 3.8) is 0 Å². The minimum atomic E-state index is 0.862. The van der Waals surface area contributed by atoms with Crippen LogP contribution in [0.25, 0.3) is 99.2 Å². The van der Waals surface area contributed by atoms with Gasteiger partial charge in [0.2, 0.25) is 0 Å². The fourth-order valence-corrected chi connectivity index (χ4v) is 7.52. The van der Waals surface area contributed by atoms with E-state index in [1.807, 2.05) is 0 Å². The third-order valence-corrected chi connectivity index (χ3v) is 9.70. The van der Waals surface area contributed by atoms with Gasteiger partial charge in [0.25, 0.3) is 0 Å². The SMILES string of the molecule is c1ccc(-c2c(-c3cccc4ccccc34)oc3c2ccc2c3ccc3c(-c4ccccc4)c(-c4cccc5ccccc45)oc32)cc1. The molecule has 2 nitrogen and oxygen atoms in total. The van der Waals surface area contributed by atoms with Crippen LogP contribution in [0.3, 0.4) is 0 Å². The Morgan fingerprint density at radius 3 is 1.10 bits per heavy atom. The molecule has 0 aliphatic heterocycles. The fourth-order valence-electron chi connectivity index (χ4n) is 7.52. The molecular weight excluding hydrogens is 585 g/mol. The Morgan fingerprint density at radius 2 is 0.646 bits per heavy atom. The molecule has 2 aromatic heterocycles. The van der Waals surface area contributed by atoms with Gasteiger partial charge in [-0.1, -0.05) is 146 Å². The summed E-state index contributed by atoms with van der Waals surface area (Å²) in [5.74, 6) is 1.75. The van der Waals surface area contributed by atoms with Crippen LogP contribution >= 0.6 is 0 Å². The van der Waals surface area contributed by atoms with Crippen LogP contribution in [0, 0.1) is 0 Å². The zero-order chi connectivity index (χ0) is 31.6. The van der Waals surface area contributed by atoms with Crippen LogP contribution < -0.4 is 0 Å². The second-order valence-corrected chi connectivity index (χ2v) is 12.4. The van der Waals surface area contributed by atoms with Crippen molar-refractivity contribution in [2.75, 3.05) is 0 Å². The molecule has 10 rings (SSSR count). The molecule has 2 heterocycles. The molecule has 0 saturated heterocycles. The van der Waals surface area contributed by atoms with Crippen molar-refractivity contribution < 1.29 is 8.83 Å². The lowest BCUT2D eigenvalue weighted by Crippen LogP contribution is -1.83. The quantitative estimate of drug-likeness (QED) is 0.198. The molecule has 48 heavy (non-hydrogen) atoms. The summed E-state index contributed by atoms with van der Waals surface area (Å²) in [5, 5.41) is 8.93. The Hall–Kier alpha value is -6.38. The zero-order valence-corrected chi connectivity index (χ0v) is 26.0. The molecule has 10 aromatic rings. The highest BCUT2D eigenvalue weighted by Crippen LogP contribution is 2.49. The van der Waals surface area contributed by atoms with Gasteiger partial charge in [0.1, 0.15) is 22.7 Å². The molecule has 0 unspecified atom stereocenters. The van der Waals surface area contributed by atoms with Crippen LogP contribution in [0.4, 0.5) is 0 Å². The van der Waals surface area contributed by atoms with Gasteiger partial charge in [-0.3, -0.25) is 0 Å². The van der Waals surface area contributed by atoms with E-state index in [1.54, 1.807) is 0 Å². The highest BCUT2D eigenvalue weighted by atomic mass is 16.3. The largest absolute Gasteiger partial charge is 0.455 e. The predicted octanol–water partition coefficient (Wildman–Crippen LogP) is 13.3. The zero-order valence-electron chi connectivity index (χ0n) is 26.0. The Morgan fingerprint density at radius 1 is 0.271 bits per heavy atom. The first-order chi connectivity index (χ1) is 23.8. The number of furan rings is 2. The summed E-state index contributed by atoms with van der Waals surface area (Å²) in [5.41, 5.74) is 8.35. The van der Waals surface area contributed by atoms with Crippen LogP contribution in [-0.2, 0) is 0 Å². The van der Waals surface area contributed by atoms with Gasteiger partial charge in [-0.15, -0.1) is 0 Å². The summed E-state index contributed by atoms with van der Waals surface area (Å²) < 4.78 is 14.1. The lowest BCUT2D eigenvalue weighted by atomic mass is 9.93. The van der Waals surface area contributed by atoms with Gasteiger partial charge in [-0.2, -0.15) is 0 Å². The average molecular weight is 613 g/mol. The fraction of sp³-hybridized carbons (Fsp3) is 0. The van der Waals surface area contributed by atoms with E-state index in [4.69, 9.17) is 8.83 Å². The van der Waals surface area contributed by atoms with Crippen LogP contribution in [0.5, 0.6) is 0 Å². The lowest BCUT2D eigenvalue weighted by molar-refractivity contribution is 0.633. The van der Waals surface area contributed by atoms with E-state index in [-0.39, 0.29) is 0 Å². The number of hydrogen-bond acceptors (Lipinski definition) is 2. The maximum absolute atomic E-state index is 7.03. The summed E-state index contributed by atoms with van der Waals surface area (Å²) in [6.45, 7) is 0. The van der Waals surface area contributed by atoms with Crippen molar-refractivity contribution in [3.8, 4) is 44.9 Å². The van der Waals surface area contributed by atoms with Crippen molar-refractivity contribution in [2.45, 2.75) is 0 Å². The van der Waals surface area contributed by atoms with Crippen molar-refractivity contribution in [1.82, 2.24) is 0 Å². The standard InChI is InChI=1S/C46H28O2/c1-3-15-31(16-4-1)41-39-27-25-38-37(43(39)47-45(41)35-23-11-19-29-13-7-9-21-33(29)35)26-28-40-42(32-17-5-2-6-18-32)46(48-44(38)40)36-24-12-20-30-14-8-10-22-34(30)36/h1-28H. The van der Waals surface area contributed by atoms with Crippen LogP contribution in [0.2, 0.25) is 0 Å². The normalized spacial score (nSPS) is 11.8. The topological polar surface area (TPSA) is 26.3 Å². The molecule has 0 spiro atoms. The molecular formula is C46H28O2. The van der Waals surface area contributed by atoms with Gasteiger partial charge >= 0.3 is 0 Å². The minimum Gasteiger partial charge on any atom is -0.455 e. The molecule has 0 aliphatic carbocycles. The molecule has 224 valence electrons. The van der Waals surface area contributed by atoms with Gasteiger partial charge in [0, 0.05) is 43.8 Å². The minimum absolute atomic E-state index is 0.862. The molecule has 0 amide bonds. The molecule has 0 radical (unpaired) electrons. The van der Waals surface area contributed by atoms with Crippen molar-refractivity contribution in [1.29, 1.82) is 0 Å². The van der Waals surface area contributed by atoms with Crippen LogP contribution in [0.15, 0.2) is 179 Å². The first-order valence-corrected chi connectivity index (χ1v) is 16.4. The molecule has 2 heteroatoms. The van der Waals surface area contributed by atoms with Crippen LogP contribution in [0.1, 0.15) is 0 Å². The van der Waals surface area contributed by atoms with E-state index >= 15 is 0 Å². The van der Waals surface area contributed by atoms with Crippen molar-refractivity contribution >= 4 is 54.3 Å². The Bertz CT molecular complexity index is 2610. The smallest absolute Gasteiger partial charge is 0.143 e. The second-order valence-electron chi connectivity index (χ2n) is 12.4. The molecule has 0 saturated carbocycles. The molecule has 0 atom stereocenters. The van der Waals surface area contributed by atoms with E-state index < -0.39 is 0 Å². The Labute approximate surface area is 277 Å². The van der Waals surface area contributed by atoms with Gasteiger partial charge in [-0.25, -0.2) is 0 Å². The summed E-state index contributed by atoms with van der Waals surface area (Å²) in [7, 11) is 0. The highest BCUT2D eigenvalue weighted by Gasteiger charge is 2.24.